The molecule has 0 saturated heterocycles. The van der Waals surface area contributed by atoms with E-state index in [9.17, 15) is 9.59 Å². The number of carbonyl (C=O) groups excluding carboxylic acids is 2. The molecular formula is C31H36N2O4S. The van der Waals surface area contributed by atoms with Crippen molar-refractivity contribution >= 4 is 40.1 Å². The lowest BCUT2D eigenvalue weighted by Gasteiger charge is -2.33. The Hall–Kier alpha value is -3.45. The van der Waals surface area contributed by atoms with Crippen LogP contribution in [0.1, 0.15) is 77.8 Å². The standard InChI is InChI=1S/C31H36N2O4S/c1-6-36-25-11-9-8-10-21(25)19-32-29-27(24-17-14-22(31(3,4)5)18-26(24)38-29)28(34)33-23-15-12-20(13-16-23)30(35)37-7-2/h8-13,15-16,19,22H,6-7,14,17-18H2,1-5H3,(H,33,34)/t22-/m0/s1. The van der Waals surface area contributed by atoms with Crippen molar-refractivity contribution in [3.05, 3.63) is 75.7 Å². The number of amides is 1. The highest BCUT2D eigenvalue weighted by atomic mass is 32.1. The number of nitrogens with one attached hydrogen (secondary N) is 1. The number of carbonyl (C=O) groups is 2. The number of anilines is 1. The van der Waals surface area contributed by atoms with Crippen molar-refractivity contribution in [2.75, 3.05) is 18.5 Å². The Kier molecular flexibility index (Phi) is 8.67. The van der Waals surface area contributed by atoms with E-state index in [-0.39, 0.29) is 17.3 Å². The summed E-state index contributed by atoms with van der Waals surface area (Å²) in [7, 11) is 0. The summed E-state index contributed by atoms with van der Waals surface area (Å²) in [5.74, 6) is 0.747. The molecule has 2 aromatic carbocycles. The number of hydrogen-bond donors (Lipinski definition) is 1. The van der Waals surface area contributed by atoms with Crippen molar-refractivity contribution in [3.63, 3.8) is 0 Å². The number of nitrogens with zero attached hydrogens (tertiary/aromatic N) is 1. The third kappa shape index (κ3) is 6.33. The van der Waals surface area contributed by atoms with E-state index < -0.39 is 0 Å². The first-order chi connectivity index (χ1) is 18.2. The van der Waals surface area contributed by atoms with Gasteiger partial charge in [0.2, 0.25) is 0 Å². The molecule has 1 aromatic heterocycles. The van der Waals surface area contributed by atoms with Gasteiger partial charge < -0.3 is 14.8 Å². The van der Waals surface area contributed by atoms with Crippen molar-refractivity contribution in [1.29, 1.82) is 0 Å². The lowest BCUT2D eigenvalue weighted by atomic mass is 9.72. The Morgan fingerprint density at radius 2 is 1.82 bits per heavy atom. The van der Waals surface area contributed by atoms with Crippen molar-refractivity contribution < 1.29 is 19.1 Å². The SMILES string of the molecule is CCOC(=O)c1ccc(NC(=O)c2c(N=Cc3ccccc3OCC)sc3c2CC[C@H](C(C)(C)C)C3)cc1. The predicted molar refractivity (Wildman–Crippen MR) is 155 cm³/mol. The zero-order valence-corrected chi connectivity index (χ0v) is 23.6. The molecule has 1 aliphatic rings. The Morgan fingerprint density at radius 3 is 2.50 bits per heavy atom. The topological polar surface area (TPSA) is 77.0 Å². The summed E-state index contributed by atoms with van der Waals surface area (Å²) in [6.07, 6.45) is 4.62. The molecule has 0 radical (unpaired) electrons. The average Bonchev–Trinajstić information content (AvgIpc) is 3.26. The second-order valence-electron chi connectivity index (χ2n) is 10.5. The number of benzene rings is 2. The van der Waals surface area contributed by atoms with E-state index in [4.69, 9.17) is 14.5 Å². The van der Waals surface area contributed by atoms with Crippen LogP contribution in [0.2, 0.25) is 0 Å². The van der Waals surface area contributed by atoms with Crippen LogP contribution in [0.4, 0.5) is 10.7 Å². The van der Waals surface area contributed by atoms with Crippen LogP contribution in [0.15, 0.2) is 53.5 Å². The van der Waals surface area contributed by atoms with Gasteiger partial charge >= 0.3 is 5.97 Å². The van der Waals surface area contributed by atoms with Crippen molar-refractivity contribution in [3.8, 4) is 5.75 Å². The van der Waals surface area contributed by atoms with Gasteiger partial charge in [-0.3, -0.25) is 4.79 Å². The number of esters is 1. The quantitative estimate of drug-likeness (QED) is 0.241. The maximum atomic E-state index is 13.7. The molecule has 0 fully saturated rings. The molecule has 0 aliphatic heterocycles. The smallest absolute Gasteiger partial charge is 0.338 e. The summed E-state index contributed by atoms with van der Waals surface area (Å²) in [5, 5.41) is 3.73. The van der Waals surface area contributed by atoms with E-state index in [1.54, 1.807) is 48.7 Å². The fourth-order valence-electron chi connectivity index (χ4n) is 4.74. The van der Waals surface area contributed by atoms with Gasteiger partial charge in [-0.15, -0.1) is 11.3 Å². The minimum absolute atomic E-state index is 0.189. The van der Waals surface area contributed by atoms with Gasteiger partial charge in [0.1, 0.15) is 10.8 Å². The molecule has 1 heterocycles. The Labute approximate surface area is 229 Å². The highest BCUT2D eigenvalue weighted by Crippen LogP contribution is 2.45. The number of aliphatic imine (C=N–C) groups is 1. The van der Waals surface area contributed by atoms with Gasteiger partial charge in [0.05, 0.1) is 24.3 Å². The molecule has 0 bridgehead atoms. The first kappa shape index (κ1) is 27.6. The third-order valence-corrected chi connectivity index (χ3v) is 8.05. The molecule has 200 valence electrons. The number of thiophene rings is 1. The van der Waals surface area contributed by atoms with Crippen LogP contribution < -0.4 is 10.1 Å². The van der Waals surface area contributed by atoms with Gasteiger partial charge in [0, 0.05) is 22.3 Å². The first-order valence-electron chi connectivity index (χ1n) is 13.2. The van der Waals surface area contributed by atoms with Crippen LogP contribution in [0.5, 0.6) is 5.75 Å². The minimum atomic E-state index is -0.380. The fourth-order valence-corrected chi connectivity index (χ4v) is 6.00. The summed E-state index contributed by atoms with van der Waals surface area (Å²) in [4.78, 5) is 31.7. The van der Waals surface area contributed by atoms with E-state index in [1.165, 1.54) is 4.88 Å². The van der Waals surface area contributed by atoms with E-state index in [1.807, 2.05) is 31.2 Å². The predicted octanol–water partition coefficient (Wildman–Crippen LogP) is 7.48. The normalized spacial score (nSPS) is 15.2. The van der Waals surface area contributed by atoms with Crippen LogP contribution in [0.25, 0.3) is 0 Å². The highest BCUT2D eigenvalue weighted by molar-refractivity contribution is 7.16. The van der Waals surface area contributed by atoms with Gasteiger partial charge in [0.15, 0.2) is 0 Å². The van der Waals surface area contributed by atoms with E-state index in [0.29, 0.717) is 40.9 Å². The van der Waals surface area contributed by atoms with E-state index >= 15 is 0 Å². The van der Waals surface area contributed by atoms with Crippen molar-refractivity contribution in [2.24, 2.45) is 16.3 Å². The van der Waals surface area contributed by atoms with Gasteiger partial charge in [0.25, 0.3) is 5.91 Å². The van der Waals surface area contributed by atoms with Crippen LogP contribution >= 0.6 is 11.3 Å². The zero-order valence-electron chi connectivity index (χ0n) is 22.8. The molecule has 38 heavy (non-hydrogen) atoms. The number of para-hydroxylation sites is 1. The molecular weight excluding hydrogens is 496 g/mol. The molecule has 3 aromatic rings. The summed E-state index contributed by atoms with van der Waals surface area (Å²) < 4.78 is 10.8. The largest absolute Gasteiger partial charge is 0.493 e. The second-order valence-corrected chi connectivity index (χ2v) is 11.6. The van der Waals surface area contributed by atoms with E-state index in [2.05, 4.69) is 26.1 Å². The molecule has 0 saturated carbocycles. The molecule has 7 heteroatoms. The molecule has 0 spiro atoms. The van der Waals surface area contributed by atoms with Gasteiger partial charge in [-0.2, -0.15) is 0 Å². The van der Waals surface area contributed by atoms with Gasteiger partial charge in [-0.25, -0.2) is 9.79 Å². The monoisotopic (exact) mass is 532 g/mol. The maximum Gasteiger partial charge on any atom is 0.338 e. The number of hydrogen-bond acceptors (Lipinski definition) is 6. The lowest BCUT2D eigenvalue weighted by molar-refractivity contribution is 0.0526. The van der Waals surface area contributed by atoms with Gasteiger partial charge in [-0.1, -0.05) is 32.9 Å². The Morgan fingerprint density at radius 1 is 1.08 bits per heavy atom. The summed E-state index contributed by atoms with van der Waals surface area (Å²) >= 11 is 1.61. The fraction of sp³-hybridized carbons (Fsp3) is 0.387. The van der Waals surface area contributed by atoms with Crippen LogP contribution in [0, 0.1) is 11.3 Å². The van der Waals surface area contributed by atoms with Crippen LogP contribution in [-0.4, -0.2) is 31.3 Å². The molecule has 1 atom stereocenters. The highest BCUT2D eigenvalue weighted by Gasteiger charge is 2.33. The number of rotatable bonds is 8. The van der Waals surface area contributed by atoms with Crippen molar-refractivity contribution in [1.82, 2.24) is 0 Å². The first-order valence-corrected chi connectivity index (χ1v) is 14.0. The average molecular weight is 533 g/mol. The molecule has 6 nitrogen and oxygen atoms in total. The van der Waals surface area contributed by atoms with Gasteiger partial charge in [-0.05, 0) is 86.4 Å². The zero-order chi connectivity index (χ0) is 27.3. The number of ether oxygens (including phenoxy) is 2. The van der Waals surface area contributed by atoms with E-state index in [0.717, 1.165) is 36.1 Å². The summed E-state index contributed by atoms with van der Waals surface area (Å²) in [5.41, 5.74) is 3.87. The molecule has 0 unspecified atom stereocenters. The summed E-state index contributed by atoms with van der Waals surface area (Å²) in [6.45, 7) is 11.5. The van der Waals surface area contributed by atoms with Crippen LogP contribution in [0.3, 0.4) is 0 Å². The third-order valence-electron chi connectivity index (χ3n) is 6.89. The van der Waals surface area contributed by atoms with Crippen molar-refractivity contribution in [2.45, 2.75) is 53.9 Å². The van der Waals surface area contributed by atoms with Crippen LogP contribution in [-0.2, 0) is 17.6 Å². The number of fused-ring (bicyclic) bond motifs is 1. The molecule has 4 rings (SSSR count). The lowest BCUT2D eigenvalue weighted by Crippen LogP contribution is -2.27. The molecule has 1 amide bonds. The maximum absolute atomic E-state index is 13.7. The Bertz CT molecular complexity index is 1320. The molecule has 1 aliphatic carbocycles. The minimum Gasteiger partial charge on any atom is -0.493 e. The summed E-state index contributed by atoms with van der Waals surface area (Å²) in [6, 6.07) is 14.5. The molecule has 1 N–H and O–H groups in total. The second kappa shape index (κ2) is 11.9. The Balaban J connectivity index is 1.66.